The van der Waals surface area contributed by atoms with E-state index in [1.807, 2.05) is 6.07 Å². The summed E-state index contributed by atoms with van der Waals surface area (Å²) < 4.78 is 5.26. The number of ether oxygens (including phenoxy) is 1. The molecule has 76 valence electrons. The Kier molecular flexibility index (Phi) is 3.29. The van der Waals surface area contributed by atoms with Gasteiger partial charge in [0.25, 0.3) is 0 Å². The van der Waals surface area contributed by atoms with Gasteiger partial charge in [-0.05, 0) is 17.7 Å². The molecule has 0 unspecified atom stereocenters. The molecule has 0 saturated carbocycles. The Balaban J connectivity index is 1.95. The monoisotopic (exact) mass is 213 g/mol. The fraction of sp³-hybridized carbons (Fsp3) is 0.556. The van der Waals surface area contributed by atoms with Crippen LogP contribution >= 0.6 is 11.6 Å². The second-order valence-electron chi connectivity index (χ2n) is 3.21. The van der Waals surface area contributed by atoms with Crippen molar-refractivity contribution in [1.82, 2.24) is 14.9 Å². The summed E-state index contributed by atoms with van der Waals surface area (Å²) in [5, 5.41) is 0.316. The first-order chi connectivity index (χ1) is 6.84. The smallest absolute Gasteiger partial charge is 0.222 e. The number of nitrogens with zero attached hydrogens (tertiary/aromatic N) is 3. The normalized spacial score (nSPS) is 18.4. The number of rotatable bonds is 2. The lowest BCUT2D eigenvalue weighted by Crippen LogP contribution is -2.35. The van der Waals surface area contributed by atoms with Crippen LogP contribution in [0.5, 0.6) is 0 Å². The molecule has 0 radical (unpaired) electrons. The molecular weight excluding hydrogens is 202 g/mol. The van der Waals surface area contributed by atoms with Gasteiger partial charge in [-0.3, -0.25) is 4.90 Å². The Labute approximate surface area is 87.9 Å². The highest BCUT2D eigenvalue weighted by atomic mass is 35.5. The predicted molar refractivity (Wildman–Crippen MR) is 53.1 cm³/mol. The molecule has 1 aliphatic heterocycles. The molecule has 0 aliphatic carbocycles. The molecular formula is C9H12ClN3O. The predicted octanol–water partition coefficient (Wildman–Crippen LogP) is 0.962. The van der Waals surface area contributed by atoms with E-state index in [-0.39, 0.29) is 0 Å². The summed E-state index contributed by atoms with van der Waals surface area (Å²) >= 11 is 5.70. The van der Waals surface area contributed by atoms with Crippen LogP contribution in [0.3, 0.4) is 0 Å². The highest BCUT2D eigenvalue weighted by Crippen LogP contribution is 2.06. The lowest BCUT2D eigenvalue weighted by Gasteiger charge is -2.25. The zero-order valence-electron chi connectivity index (χ0n) is 7.82. The van der Waals surface area contributed by atoms with Crippen molar-refractivity contribution in [3.05, 3.63) is 23.2 Å². The van der Waals surface area contributed by atoms with Crippen LogP contribution in [-0.2, 0) is 11.3 Å². The van der Waals surface area contributed by atoms with Gasteiger partial charge in [-0.1, -0.05) is 0 Å². The molecule has 1 aliphatic rings. The molecule has 1 aromatic rings. The van der Waals surface area contributed by atoms with E-state index in [9.17, 15) is 0 Å². The van der Waals surface area contributed by atoms with Crippen LogP contribution in [0.1, 0.15) is 5.69 Å². The van der Waals surface area contributed by atoms with Crippen LogP contribution in [0.4, 0.5) is 0 Å². The molecule has 1 aromatic heterocycles. The second-order valence-corrected chi connectivity index (χ2v) is 3.54. The minimum atomic E-state index is 0.316. The van der Waals surface area contributed by atoms with Crippen molar-refractivity contribution < 1.29 is 4.74 Å². The Morgan fingerprint density at radius 1 is 1.43 bits per heavy atom. The van der Waals surface area contributed by atoms with E-state index in [1.54, 1.807) is 6.20 Å². The summed E-state index contributed by atoms with van der Waals surface area (Å²) in [6, 6.07) is 1.89. The van der Waals surface area contributed by atoms with Gasteiger partial charge in [-0.2, -0.15) is 0 Å². The van der Waals surface area contributed by atoms with Gasteiger partial charge in [-0.25, -0.2) is 9.97 Å². The summed E-state index contributed by atoms with van der Waals surface area (Å²) in [6.07, 6.45) is 1.69. The molecule has 5 heteroatoms. The van der Waals surface area contributed by atoms with Gasteiger partial charge in [0.2, 0.25) is 5.28 Å². The third-order valence-electron chi connectivity index (χ3n) is 2.17. The minimum absolute atomic E-state index is 0.316. The second kappa shape index (κ2) is 4.68. The van der Waals surface area contributed by atoms with Gasteiger partial charge >= 0.3 is 0 Å². The lowest BCUT2D eigenvalue weighted by atomic mass is 10.3. The highest BCUT2D eigenvalue weighted by molar-refractivity contribution is 6.28. The fourth-order valence-corrected chi connectivity index (χ4v) is 1.61. The van der Waals surface area contributed by atoms with E-state index >= 15 is 0 Å². The van der Waals surface area contributed by atoms with Crippen LogP contribution in [0.2, 0.25) is 5.28 Å². The van der Waals surface area contributed by atoms with Gasteiger partial charge in [0.1, 0.15) is 0 Å². The van der Waals surface area contributed by atoms with E-state index in [4.69, 9.17) is 16.3 Å². The van der Waals surface area contributed by atoms with E-state index in [0.29, 0.717) is 5.28 Å². The van der Waals surface area contributed by atoms with Crippen LogP contribution in [-0.4, -0.2) is 41.2 Å². The minimum Gasteiger partial charge on any atom is -0.379 e. The summed E-state index contributed by atoms with van der Waals surface area (Å²) in [7, 11) is 0. The molecule has 0 N–H and O–H groups in total. The van der Waals surface area contributed by atoms with Crippen LogP contribution in [0, 0.1) is 0 Å². The molecule has 1 saturated heterocycles. The first-order valence-electron chi connectivity index (χ1n) is 4.62. The molecule has 14 heavy (non-hydrogen) atoms. The first-order valence-corrected chi connectivity index (χ1v) is 5.00. The van der Waals surface area contributed by atoms with Crippen LogP contribution in [0.15, 0.2) is 12.3 Å². The number of halogens is 1. The van der Waals surface area contributed by atoms with E-state index in [0.717, 1.165) is 38.5 Å². The summed E-state index contributed by atoms with van der Waals surface area (Å²) in [6.45, 7) is 4.35. The average Bonchev–Trinajstić information content (AvgIpc) is 2.19. The number of morpholine rings is 1. The van der Waals surface area contributed by atoms with Crippen molar-refractivity contribution in [2.24, 2.45) is 0 Å². The zero-order valence-corrected chi connectivity index (χ0v) is 8.57. The molecule has 1 fully saturated rings. The molecule has 0 amide bonds. The molecule has 4 nitrogen and oxygen atoms in total. The van der Waals surface area contributed by atoms with Crippen molar-refractivity contribution in [3.8, 4) is 0 Å². The molecule has 2 heterocycles. The standard InChI is InChI=1S/C9H12ClN3O/c10-9-11-2-1-8(12-9)7-13-3-5-14-6-4-13/h1-2H,3-7H2. The fourth-order valence-electron chi connectivity index (χ4n) is 1.45. The maximum atomic E-state index is 5.70. The van der Waals surface area contributed by atoms with Gasteiger partial charge < -0.3 is 4.74 Å². The molecule has 0 spiro atoms. The lowest BCUT2D eigenvalue weighted by molar-refractivity contribution is 0.0336. The SMILES string of the molecule is Clc1nccc(CN2CCOCC2)n1. The Morgan fingerprint density at radius 3 is 2.93 bits per heavy atom. The zero-order chi connectivity index (χ0) is 9.80. The van der Waals surface area contributed by atoms with Gasteiger partial charge in [-0.15, -0.1) is 0 Å². The molecule has 0 bridgehead atoms. The van der Waals surface area contributed by atoms with Gasteiger partial charge in [0.15, 0.2) is 0 Å². The third-order valence-corrected chi connectivity index (χ3v) is 2.36. The van der Waals surface area contributed by atoms with E-state index < -0.39 is 0 Å². The number of aromatic nitrogens is 2. The summed E-state index contributed by atoms with van der Waals surface area (Å²) in [4.78, 5) is 10.3. The molecule has 0 aromatic carbocycles. The van der Waals surface area contributed by atoms with Crippen molar-refractivity contribution >= 4 is 11.6 Å². The summed E-state index contributed by atoms with van der Waals surface area (Å²) in [5.41, 5.74) is 0.965. The number of hydrogen-bond acceptors (Lipinski definition) is 4. The maximum Gasteiger partial charge on any atom is 0.222 e. The van der Waals surface area contributed by atoms with Crippen molar-refractivity contribution in [1.29, 1.82) is 0 Å². The largest absolute Gasteiger partial charge is 0.379 e. The third kappa shape index (κ3) is 2.64. The Hall–Kier alpha value is -0.710. The van der Waals surface area contributed by atoms with Crippen molar-refractivity contribution in [2.45, 2.75) is 6.54 Å². The van der Waals surface area contributed by atoms with Crippen LogP contribution < -0.4 is 0 Å². The number of hydrogen-bond donors (Lipinski definition) is 0. The Bertz CT molecular complexity index is 302. The van der Waals surface area contributed by atoms with Crippen LogP contribution in [0.25, 0.3) is 0 Å². The van der Waals surface area contributed by atoms with E-state index in [2.05, 4.69) is 14.9 Å². The molecule has 0 atom stereocenters. The molecule has 2 rings (SSSR count). The summed E-state index contributed by atoms with van der Waals surface area (Å²) in [5.74, 6) is 0. The Morgan fingerprint density at radius 2 is 2.21 bits per heavy atom. The van der Waals surface area contributed by atoms with E-state index in [1.165, 1.54) is 0 Å². The first kappa shape index (κ1) is 9.83. The highest BCUT2D eigenvalue weighted by Gasteiger charge is 2.11. The van der Waals surface area contributed by atoms with Crippen molar-refractivity contribution in [2.75, 3.05) is 26.3 Å². The topological polar surface area (TPSA) is 38.2 Å². The maximum absolute atomic E-state index is 5.70. The van der Waals surface area contributed by atoms with Gasteiger partial charge in [0.05, 0.1) is 18.9 Å². The average molecular weight is 214 g/mol. The quantitative estimate of drug-likeness (QED) is 0.686. The van der Waals surface area contributed by atoms with Gasteiger partial charge in [0, 0.05) is 25.8 Å². The van der Waals surface area contributed by atoms with Crippen molar-refractivity contribution in [3.63, 3.8) is 0 Å².